The summed E-state index contributed by atoms with van der Waals surface area (Å²) in [6.45, 7) is 0.551. The van der Waals surface area contributed by atoms with Crippen LogP contribution in [-0.2, 0) is 10.2 Å². The van der Waals surface area contributed by atoms with E-state index in [0.717, 1.165) is 25.7 Å². The molecular formula is C23H30F3N3O3. The summed E-state index contributed by atoms with van der Waals surface area (Å²) in [6, 6.07) is 7.66. The molecule has 9 heteroatoms. The summed E-state index contributed by atoms with van der Waals surface area (Å²) < 4.78 is 39.8. The van der Waals surface area contributed by atoms with Crippen LogP contribution in [0.1, 0.15) is 56.9 Å². The topological polar surface area (TPSA) is 81.7 Å². The molecule has 1 aliphatic heterocycles. The second-order valence-electron chi connectivity index (χ2n) is 9.52. The average Bonchev–Trinajstić information content (AvgIpc) is 3.11. The van der Waals surface area contributed by atoms with E-state index in [4.69, 9.17) is 0 Å². The van der Waals surface area contributed by atoms with Crippen LogP contribution in [0.4, 0.5) is 18.0 Å². The van der Waals surface area contributed by atoms with E-state index < -0.39 is 42.1 Å². The zero-order valence-electron chi connectivity index (χ0n) is 18.0. The van der Waals surface area contributed by atoms with Crippen LogP contribution in [0.25, 0.3) is 0 Å². The molecule has 2 saturated carbocycles. The Morgan fingerprint density at radius 2 is 1.75 bits per heavy atom. The van der Waals surface area contributed by atoms with E-state index in [1.54, 1.807) is 30.3 Å². The lowest BCUT2D eigenvalue weighted by Crippen LogP contribution is -2.66. The van der Waals surface area contributed by atoms with Crippen molar-refractivity contribution in [1.82, 2.24) is 15.5 Å². The number of nitrogens with one attached hydrogen (secondary N) is 2. The van der Waals surface area contributed by atoms with Gasteiger partial charge in [-0.15, -0.1) is 0 Å². The second-order valence-corrected chi connectivity index (χ2v) is 9.52. The summed E-state index contributed by atoms with van der Waals surface area (Å²) in [7, 11) is 0. The highest BCUT2D eigenvalue weighted by Gasteiger charge is 2.67. The Balaban J connectivity index is 1.36. The number of hydrogen-bond acceptors (Lipinski definition) is 3. The minimum atomic E-state index is -4.73. The molecule has 0 bridgehead atoms. The van der Waals surface area contributed by atoms with E-state index >= 15 is 0 Å². The molecule has 176 valence electrons. The molecule has 1 saturated heterocycles. The fourth-order valence-corrected chi connectivity index (χ4v) is 5.54. The van der Waals surface area contributed by atoms with Crippen LogP contribution in [0.2, 0.25) is 0 Å². The number of carbonyl (C=O) groups is 2. The van der Waals surface area contributed by atoms with Crippen LogP contribution in [0, 0.1) is 0 Å². The Kier molecular flexibility index (Phi) is 6.13. The largest absolute Gasteiger partial charge is 0.417 e. The molecule has 3 N–H and O–H groups in total. The zero-order valence-corrected chi connectivity index (χ0v) is 18.0. The quantitative estimate of drug-likeness (QED) is 0.640. The van der Waals surface area contributed by atoms with E-state index in [1.807, 2.05) is 4.90 Å². The summed E-state index contributed by atoms with van der Waals surface area (Å²) >= 11 is 0. The first kappa shape index (κ1) is 22.9. The lowest BCUT2D eigenvalue weighted by molar-refractivity contribution is -0.303. The number of likely N-dealkylation sites (tertiary alicyclic amines) is 1. The Morgan fingerprint density at radius 1 is 1.09 bits per heavy atom. The molecular weight excluding hydrogens is 423 g/mol. The predicted molar refractivity (Wildman–Crippen MR) is 112 cm³/mol. The minimum absolute atomic E-state index is 0.0610. The summed E-state index contributed by atoms with van der Waals surface area (Å²) in [5, 5.41) is 15.4. The van der Waals surface area contributed by atoms with Crippen LogP contribution in [0.3, 0.4) is 0 Å². The van der Waals surface area contributed by atoms with Gasteiger partial charge in [0.15, 0.2) is 5.60 Å². The van der Waals surface area contributed by atoms with Crippen molar-refractivity contribution in [2.75, 3.05) is 13.1 Å². The molecule has 0 aromatic heterocycles. The lowest BCUT2D eigenvalue weighted by Gasteiger charge is -2.54. The number of benzene rings is 1. The number of rotatable bonds is 5. The number of urea groups is 1. The molecule has 2 aliphatic carbocycles. The van der Waals surface area contributed by atoms with Crippen molar-refractivity contribution >= 4 is 11.9 Å². The highest BCUT2D eigenvalue weighted by Crippen LogP contribution is 2.56. The lowest BCUT2D eigenvalue weighted by atomic mass is 9.55. The Morgan fingerprint density at radius 3 is 2.38 bits per heavy atom. The standard InChI is InChI=1S/C23H30F3N3O3/c24-23(25,26)22(32)13-21(14-22,16-7-3-1-4-8-16)15-27-20(31)28-18-11-12-29(19(18)30)17-9-5-2-6-10-17/h1,3-4,7-8,17-18,32H,2,5-6,9-15H2,(H2,27,28,31). The fourth-order valence-electron chi connectivity index (χ4n) is 5.54. The summed E-state index contributed by atoms with van der Waals surface area (Å²) in [6.07, 6.45) is 0.149. The van der Waals surface area contributed by atoms with Crippen molar-refractivity contribution in [1.29, 1.82) is 0 Å². The third kappa shape index (κ3) is 4.31. The van der Waals surface area contributed by atoms with Gasteiger partial charge in [-0.25, -0.2) is 4.79 Å². The minimum Gasteiger partial charge on any atom is -0.380 e. The number of nitrogens with zero attached hydrogens (tertiary/aromatic N) is 1. The van der Waals surface area contributed by atoms with Gasteiger partial charge in [-0.3, -0.25) is 4.79 Å². The maximum atomic E-state index is 13.3. The summed E-state index contributed by atoms with van der Waals surface area (Å²) in [4.78, 5) is 27.1. The van der Waals surface area contributed by atoms with Crippen molar-refractivity contribution < 1.29 is 27.9 Å². The van der Waals surface area contributed by atoms with Gasteiger partial charge in [0, 0.05) is 24.5 Å². The van der Waals surface area contributed by atoms with E-state index in [0.29, 0.717) is 18.5 Å². The van der Waals surface area contributed by atoms with E-state index in [9.17, 15) is 27.9 Å². The van der Waals surface area contributed by atoms with Gasteiger partial charge in [0.25, 0.3) is 0 Å². The van der Waals surface area contributed by atoms with Crippen LogP contribution in [0.5, 0.6) is 0 Å². The second kappa shape index (κ2) is 8.57. The molecule has 0 radical (unpaired) electrons. The molecule has 3 fully saturated rings. The number of halogens is 3. The van der Waals surface area contributed by atoms with Crippen molar-refractivity contribution in [2.45, 2.75) is 80.6 Å². The normalized spacial score (nSPS) is 31.3. The van der Waals surface area contributed by atoms with Gasteiger partial charge < -0.3 is 20.6 Å². The van der Waals surface area contributed by atoms with Gasteiger partial charge >= 0.3 is 12.2 Å². The predicted octanol–water partition coefficient (Wildman–Crippen LogP) is 3.24. The van der Waals surface area contributed by atoms with Gasteiger partial charge in [0.2, 0.25) is 5.91 Å². The SMILES string of the molecule is O=C(NCC1(c2ccccc2)CC(O)(C(F)(F)F)C1)NC1CCN(C2CCCCC2)C1=O. The smallest absolute Gasteiger partial charge is 0.380 e. The van der Waals surface area contributed by atoms with Gasteiger partial charge in [0.05, 0.1) is 0 Å². The third-order valence-electron chi connectivity index (χ3n) is 7.32. The van der Waals surface area contributed by atoms with Crippen LogP contribution >= 0.6 is 0 Å². The van der Waals surface area contributed by atoms with Crippen molar-refractivity contribution in [3.63, 3.8) is 0 Å². The fraction of sp³-hybridized carbons (Fsp3) is 0.652. The number of carbonyl (C=O) groups excluding carboxylic acids is 2. The highest BCUT2D eigenvalue weighted by atomic mass is 19.4. The zero-order chi connectivity index (χ0) is 23.0. The van der Waals surface area contributed by atoms with Crippen LogP contribution in [-0.4, -0.2) is 58.9 Å². The molecule has 1 unspecified atom stereocenters. The Hall–Kier alpha value is -2.29. The Bertz CT molecular complexity index is 834. The van der Waals surface area contributed by atoms with Crippen molar-refractivity contribution in [3.05, 3.63) is 35.9 Å². The maximum absolute atomic E-state index is 13.3. The first-order valence-electron chi connectivity index (χ1n) is 11.3. The van der Waals surface area contributed by atoms with Gasteiger partial charge in [0.1, 0.15) is 6.04 Å². The molecule has 6 nitrogen and oxygen atoms in total. The van der Waals surface area contributed by atoms with Crippen molar-refractivity contribution in [3.8, 4) is 0 Å². The van der Waals surface area contributed by atoms with Gasteiger partial charge in [-0.05, 0) is 37.7 Å². The van der Waals surface area contributed by atoms with Crippen molar-refractivity contribution in [2.24, 2.45) is 0 Å². The first-order chi connectivity index (χ1) is 15.1. The highest BCUT2D eigenvalue weighted by molar-refractivity contribution is 5.88. The molecule has 0 spiro atoms. The molecule has 3 amide bonds. The number of amides is 3. The number of hydrogen-bond donors (Lipinski definition) is 3. The molecule has 3 aliphatic rings. The molecule has 1 aromatic rings. The number of aliphatic hydroxyl groups is 1. The third-order valence-corrected chi connectivity index (χ3v) is 7.32. The summed E-state index contributed by atoms with van der Waals surface area (Å²) in [5.41, 5.74) is -3.14. The monoisotopic (exact) mass is 453 g/mol. The molecule has 1 atom stereocenters. The van der Waals surface area contributed by atoms with E-state index in [2.05, 4.69) is 10.6 Å². The van der Waals surface area contributed by atoms with Crippen LogP contribution < -0.4 is 10.6 Å². The first-order valence-corrected chi connectivity index (χ1v) is 11.3. The van der Waals surface area contributed by atoms with E-state index in [1.165, 1.54) is 6.42 Å². The molecule has 1 heterocycles. The molecule has 4 rings (SSSR count). The van der Waals surface area contributed by atoms with Crippen LogP contribution in [0.15, 0.2) is 30.3 Å². The van der Waals surface area contributed by atoms with Gasteiger partial charge in [-0.1, -0.05) is 49.6 Å². The van der Waals surface area contributed by atoms with E-state index in [-0.39, 0.29) is 18.5 Å². The number of alkyl halides is 3. The Labute approximate surface area is 185 Å². The average molecular weight is 454 g/mol. The molecule has 1 aromatic carbocycles. The summed E-state index contributed by atoms with van der Waals surface area (Å²) in [5.74, 6) is -0.0834. The maximum Gasteiger partial charge on any atom is 0.417 e. The van der Waals surface area contributed by atoms with Gasteiger partial charge in [-0.2, -0.15) is 13.2 Å². The molecule has 32 heavy (non-hydrogen) atoms.